The summed E-state index contributed by atoms with van der Waals surface area (Å²) in [6, 6.07) is 9.31. The van der Waals surface area contributed by atoms with Crippen LogP contribution in [0.1, 0.15) is 17.5 Å². The largest absolute Gasteiger partial charge is 0.308 e. The van der Waals surface area contributed by atoms with E-state index in [9.17, 15) is 4.79 Å². The fourth-order valence-corrected chi connectivity index (χ4v) is 2.61. The van der Waals surface area contributed by atoms with Gasteiger partial charge in [-0.3, -0.25) is 9.48 Å². The SMILES string of the molecule is Cn1cc(N2CCC(NCc3ccc(C#N)cc3)C2=O)cn1. The van der Waals surface area contributed by atoms with Crippen molar-refractivity contribution >= 4 is 11.6 Å². The standard InChI is InChI=1S/C16H17N5O/c1-20-11-14(10-19-20)21-7-6-15(16(21)22)18-9-13-4-2-12(8-17)3-5-13/h2-5,10-11,15,18H,6-7,9H2,1H3. The van der Waals surface area contributed by atoms with Gasteiger partial charge in [-0.15, -0.1) is 0 Å². The van der Waals surface area contributed by atoms with Crippen LogP contribution in [0.4, 0.5) is 5.69 Å². The number of aryl methyl sites for hydroxylation is 1. The third-order valence-electron chi connectivity index (χ3n) is 3.84. The van der Waals surface area contributed by atoms with Gasteiger partial charge in [-0.05, 0) is 24.1 Å². The van der Waals surface area contributed by atoms with Crippen molar-refractivity contribution in [2.75, 3.05) is 11.4 Å². The van der Waals surface area contributed by atoms with Crippen LogP contribution in [-0.2, 0) is 18.4 Å². The molecule has 1 saturated heterocycles. The predicted octanol–water partition coefficient (Wildman–Crippen LogP) is 1.19. The van der Waals surface area contributed by atoms with Gasteiger partial charge in [0.25, 0.3) is 0 Å². The first-order valence-corrected chi connectivity index (χ1v) is 7.20. The Bertz CT molecular complexity index is 713. The molecule has 0 aliphatic carbocycles. The first kappa shape index (κ1) is 14.3. The van der Waals surface area contributed by atoms with Gasteiger partial charge in [0.2, 0.25) is 5.91 Å². The monoisotopic (exact) mass is 295 g/mol. The van der Waals surface area contributed by atoms with E-state index in [0.29, 0.717) is 18.7 Å². The quantitative estimate of drug-likeness (QED) is 0.919. The number of nitriles is 1. The number of nitrogens with one attached hydrogen (secondary N) is 1. The zero-order valence-electron chi connectivity index (χ0n) is 12.4. The van der Waals surface area contributed by atoms with Gasteiger partial charge in [0.1, 0.15) is 0 Å². The maximum absolute atomic E-state index is 12.4. The summed E-state index contributed by atoms with van der Waals surface area (Å²) in [4.78, 5) is 14.2. The van der Waals surface area contributed by atoms with Crippen molar-refractivity contribution in [2.24, 2.45) is 7.05 Å². The molecular formula is C16H17N5O. The minimum Gasteiger partial charge on any atom is -0.308 e. The smallest absolute Gasteiger partial charge is 0.244 e. The third kappa shape index (κ3) is 2.85. The molecule has 1 fully saturated rings. The normalized spacial score (nSPS) is 17.7. The van der Waals surface area contributed by atoms with E-state index in [4.69, 9.17) is 5.26 Å². The number of carbonyl (C=O) groups excluding carboxylic acids is 1. The van der Waals surface area contributed by atoms with Crippen molar-refractivity contribution < 1.29 is 4.79 Å². The lowest BCUT2D eigenvalue weighted by molar-refractivity contribution is -0.118. The minimum absolute atomic E-state index is 0.0849. The van der Waals surface area contributed by atoms with E-state index in [-0.39, 0.29) is 11.9 Å². The summed E-state index contributed by atoms with van der Waals surface area (Å²) in [5.74, 6) is 0.0849. The van der Waals surface area contributed by atoms with Crippen LogP contribution in [0.5, 0.6) is 0 Å². The highest BCUT2D eigenvalue weighted by Crippen LogP contribution is 2.20. The molecule has 22 heavy (non-hydrogen) atoms. The molecular weight excluding hydrogens is 278 g/mol. The molecule has 0 radical (unpaired) electrons. The lowest BCUT2D eigenvalue weighted by Gasteiger charge is -2.15. The maximum atomic E-state index is 12.4. The molecule has 0 spiro atoms. The Morgan fingerprint density at radius 1 is 1.41 bits per heavy atom. The number of hydrogen-bond donors (Lipinski definition) is 1. The predicted molar refractivity (Wildman–Crippen MR) is 82.0 cm³/mol. The van der Waals surface area contributed by atoms with Gasteiger partial charge in [-0.2, -0.15) is 10.4 Å². The Balaban J connectivity index is 1.60. The van der Waals surface area contributed by atoms with Crippen LogP contribution < -0.4 is 10.2 Å². The van der Waals surface area contributed by atoms with Crippen molar-refractivity contribution in [3.63, 3.8) is 0 Å². The summed E-state index contributed by atoms with van der Waals surface area (Å²) in [7, 11) is 1.84. The average Bonchev–Trinajstić information content (AvgIpc) is 3.12. The van der Waals surface area contributed by atoms with Gasteiger partial charge < -0.3 is 10.2 Å². The molecule has 1 aromatic carbocycles. The first-order valence-electron chi connectivity index (χ1n) is 7.20. The van der Waals surface area contributed by atoms with Crippen LogP contribution in [0.3, 0.4) is 0 Å². The highest BCUT2D eigenvalue weighted by Gasteiger charge is 2.32. The van der Waals surface area contributed by atoms with Crippen molar-refractivity contribution in [2.45, 2.75) is 19.0 Å². The molecule has 1 amide bonds. The fourth-order valence-electron chi connectivity index (χ4n) is 2.61. The molecule has 1 aliphatic rings. The van der Waals surface area contributed by atoms with E-state index in [0.717, 1.165) is 17.7 Å². The van der Waals surface area contributed by atoms with E-state index in [1.165, 1.54) is 0 Å². The Morgan fingerprint density at radius 2 is 2.18 bits per heavy atom. The third-order valence-corrected chi connectivity index (χ3v) is 3.84. The highest BCUT2D eigenvalue weighted by molar-refractivity contribution is 5.99. The number of nitrogens with zero attached hydrogens (tertiary/aromatic N) is 4. The number of carbonyl (C=O) groups is 1. The van der Waals surface area contributed by atoms with E-state index in [1.54, 1.807) is 27.9 Å². The number of hydrogen-bond acceptors (Lipinski definition) is 4. The number of aromatic nitrogens is 2. The topological polar surface area (TPSA) is 73.9 Å². The lowest BCUT2D eigenvalue weighted by atomic mass is 10.1. The van der Waals surface area contributed by atoms with E-state index >= 15 is 0 Å². The molecule has 6 heteroatoms. The van der Waals surface area contributed by atoms with Gasteiger partial charge in [0, 0.05) is 26.3 Å². The number of anilines is 1. The second-order valence-corrected chi connectivity index (χ2v) is 5.39. The minimum atomic E-state index is -0.171. The van der Waals surface area contributed by atoms with Gasteiger partial charge in [-0.25, -0.2) is 0 Å². The van der Waals surface area contributed by atoms with Gasteiger partial charge >= 0.3 is 0 Å². The van der Waals surface area contributed by atoms with E-state index in [1.807, 2.05) is 25.4 Å². The molecule has 1 unspecified atom stereocenters. The molecule has 2 aromatic rings. The molecule has 1 N–H and O–H groups in total. The summed E-state index contributed by atoms with van der Waals surface area (Å²) in [6.45, 7) is 1.32. The summed E-state index contributed by atoms with van der Waals surface area (Å²) >= 11 is 0. The van der Waals surface area contributed by atoms with E-state index < -0.39 is 0 Å². The van der Waals surface area contributed by atoms with Crippen LogP contribution in [0.25, 0.3) is 0 Å². The molecule has 112 valence electrons. The second kappa shape index (κ2) is 6.00. The summed E-state index contributed by atoms with van der Waals surface area (Å²) in [5, 5.41) is 16.2. The van der Waals surface area contributed by atoms with Crippen molar-refractivity contribution in [3.8, 4) is 6.07 Å². The van der Waals surface area contributed by atoms with Crippen LogP contribution in [-0.4, -0.2) is 28.3 Å². The molecule has 1 aliphatic heterocycles. The van der Waals surface area contributed by atoms with Gasteiger partial charge in [0.15, 0.2) is 0 Å². The van der Waals surface area contributed by atoms with Crippen molar-refractivity contribution in [1.29, 1.82) is 5.26 Å². The second-order valence-electron chi connectivity index (χ2n) is 5.39. The Labute approximate surface area is 129 Å². The molecule has 3 rings (SSSR count). The summed E-state index contributed by atoms with van der Waals surface area (Å²) < 4.78 is 1.69. The number of benzene rings is 1. The van der Waals surface area contributed by atoms with Crippen molar-refractivity contribution in [3.05, 3.63) is 47.8 Å². The fraction of sp³-hybridized carbons (Fsp3) is 0.312. The first-order chi connectivity index (χ1) is 10.7. The summed E-state index contributed by atoms with van der Waals surface area (Å²) in [5.41, 5.74) is 2.55. The molecule has 0 saturated carbocycles. The van der Waals surface area contributed by atoms with E-state index in [2.05, 4.69) is 16.5 Å². The summed E-state index contributed by atoms with van der Waals surface area (Å²) in [6.07, 6.45) is 4.34. The van der Waals surface area contributed by atoms with Crippen LogP contribution in [0, 0.1) is 11.3 Å². The Morgan fingerprint density at radius 3 is 2.82 bits per heavy atom. The maximum Gasteiger partial charge on any atom is 0.244 e. The Hall–Kier alpha value is -2.65. The van der Waals surface area contributed by atoms with Crippen LogP contribution in [0.2, 0.25) is 0 Å². The zero-order chi connectivity index (χ0) is 15.5. The average molecular weight is 295 g/mol. The van der Waals surface area contributed by atoms with Crippen LogP contribution >= 0.6 is 0 Å². The van der Waals surface area contributed by atoms with Gasteiger partial charge in [-0.1, -0.05) is 12.1 Å². The molecule has 2 heterocycles. The van der Waals surface area contributed by atoms with Gasteiger partial charge in [0.05, 0.1) is 29.6 Å². The number of rotatable bonds is 4. The van der Waals surface area contributed by atoms with Crippen molar-refractivity contribution in [1.82, 2.24) is 15.1 Å². The molecule has 1 atom stereocenters. The Kier molecular flexibility index (Phi) is 3.90. The molecule has 0 bridgehead atoms. The number of amides is 1. The highest BCUT2D eigenvalue weighted by atomic mass is 16.2. The molecule has 1 aromatic heterocycles. The lowest BCUT2D eigenvalue weighted by Crippen LogP contribution is -2.37. The van der Waals surface area contributed by atoms with Crippen LogP contribution in [0.15, 0.2) is 36.7 Å². The molecule has 6 nitrogen and oxygen atoms in total. The zero-order valence-corrected chi connectivity index (χ0v) is 12.4.